The van der Waals surface area contributed by atoms with E-state index in [0.29, 0.717) is 17.5 Å². The van der Waals surface area contributed by atoms with Crippen LogP contribution >= 0.6 is 0 Å². The van der Waals surface area contributed by atoms with Crippen LogP contribution in [0.3, 0.4) is 0 Å². The molecule has 6 nitrogen and oxygen atoms in total. The average molecular weight is 805 g/mol. The molecule has 0 atom stereocenters. The maximum absolute atomic E-state index is 5.21. The van der Waals surface area contributed by atoms with Gasteiger partial charge in [0.2, 0.25) is 0 Å². The fraction of sp³-hybridized carbons (Fsp3) is 0. The topological polar surface area (TPSA) is 53.5 Å². The van der Waals surface area contributed by atoms with E-state index < -0.39 is 0 Å². The molecule has 0 amide bonds. The molecular formula is C57H36N6. The van der Waals surface area contributed by atoms with Crippen LogP contribution in [0, 0.1) is 0 Å². The maximum atomic E-state index is 5.21. The van der Waals surface area contributed by atoms with Crippen molar-refractivity contribution in [3.05, 3.63) is 218 Å². The first-order valence-corrected chi connectivity index (χ1v) is 21.3. The molecule has 294 valence electrons. The van der Waals surface area contributed by atoms with Gasteiger partial charge in [-0.1, -0.05) is 158 Å². The van der Waals surface area contributed by atoms with E-state index in [1.54, 1.807) is 0 Å². The summed E-state index contributed by atoms with van der Waals surface area (Å²) in [6.45, 7) is 0. The van der Waals surface area contributed by atoms with Gasteiger partial charge in [0.05, 0.1) is 33.1 Å². The van der Waals surface area contributed by atoms with E-state index in [4.69, 9.17) is 15.0 Å². The monoisotopic (exact) mass is 804 g/mol. The lowest BCUT2D eigenvalue weighted by atomic mass is 10.1. The molecule has 0 aliphatic rings. The van der Waals surface area contributed by atoms with Gasteiger partial charge in [0, 0.05) is 66.1 Å². The second kappa shape index (κ2) is 14.0. The van der Waals surface area contributed by atoms with Gasteiger partial charge in [-0.05, 0) is 60.7 Å². The molecule has 0 saturated heterocycles. The Morgan fingerprint density at radius 2 is 0.746 bits per heavy atom. The molecule has 6 heteroatoms. The lowest BCUT2D eigenvalue weighted by Gasteiger charge is -2.13. The summed E-state index contributed by atoms with van der Waals surface area (Å²) in [7, 11) is 0. The summed E-state index contributed by atoms with van der Waals surface area (Å²) in [5.74, 6) is 1.88. The second-order valence-electron chi connectivity index (χ2n) is 16.0. The minimum absolute atomic E-state index is 0.619. The van der Waals surface area contributed by atoms with Crippen molar-refractivity contribution >= 4 is 65.4 Å². The molecule has 0 spiro atoms. The highest BCUT2D eigenvalue weighted by Gasteiger charge is 2.23. The minimum atomic E-state index is 0.619. The lowest BCUT2D eigenvalue weighted by molar-refractivity contribution is 1.07. The fourth-order valence-electron chi connectivity index (χ4n) is 9.78. The molecule has 13 rings (SSSR count). The zero-order chi connectivity index (χ0) is 41.4. The molecule has 0 aliphatic heterocycles. The number of fused-ring (bicyclic) bond motifs is 10. The molecule has 0 aliphatic carbocycles. The number of benzene rings is 9. The SMILES string of the molecule is c1ccc(-c2nc(-c3ccccc3)nc(-c3cccc4c5ccc(-n6c7ccccc7c7c6ccc6c8ccccc8n(-c8ccccc8)c67)cc5n(-c5ccccc5)c34)n2)cc1. The molecule has 9 aromatic carbocycles. The molecule has 4 aromatic heterocycles. The largest absolute Gasteiger partial charge is 0.309 e. The van der Waals surface area contributed by atoms with Gasteiger partial charge in [-0.3, -0.25) is 0 Å². The van der Waals surface area contributed by atoms with E-state index in [-0.39, 0.29) is 0 Å². The van der Waals surface area contributed by atoms with Gasteiger partial charge in [0.25, 0.3) is 0 Å². The third-order valence-electron chi connectivity index (χ3n) is 12.5. The van der Waals surface area contributed by atoms with E-state index in [0.717, 1.165) is 66.6 Å². The van der Waals surface area contributed by atoms with Gasteiger partial charge in [-0.2, -0.15) is 0 Å². The third-order valence-corrected chi connectivity index (χ3v) is 12.5. The quantitative estimate of drug-likeness (QED) is 0.168. The van der Waals surface area contributed by atoms with E-state index in [1.165, 1.54) is 32.6 Å². The summed E-state index contributed by atoms with van der Waals surface area (Å²) in [5, 5.41) is 7.19. The van der Waals surface area contributed by atoms with E-state index in [9.17, 15) is 0 Å². The number of rotatable bonds is 6. The van der Waals surface area contributed by atoms with Crippen molar-refractivity contribution in [1.82, 2.24) is 28.7 Å². The van der Waals surface area contributed by atoms with Crippen LogP contribution in [-0.4, -0.2) is 28.7 Å². The van der Waals surface area contributed by atoms with Crippen LogP contribution in [0.25, 0.3) is 117 Å². The molecule has 63 heavy (non-hydrogen) atoms. The summed E-state index contributed by atoms with van der Waals surface area (Å²) < 4.78 is 7.26. The molecule has 0 bridgehead atoms. The zero-order valence-electron chi connectivity index (χ0n) is 34.0. The van der Waals surface area contributed by atoms with Gasteiger partial charge in [-0.15, -0.1) is 0 Å². The Hall–Kier alpha value is -8.61. The smallest absolute Gasteiger partial charge is 0.166 e. The summed E-state index contributed by atoms with van der Waals surface area (Å²) in [6, 6.07) is 77.3. The van der Waals surface area contributed by atoms with Crippen LogP contribution in [0.1, 0.15) is 0 Å². The Kier molecular flexibility index (Phi) is 7.80. The second-order valence-corrected chi connectivity index (χ2v) is 16.0. The number of nitrogens with zero attached hydrogens (tertiary/aromatic N) is 6. The lowest BCUT2D eigenvalue weighted by Crippen LogP contribution is -2.02. The highest BCUT2D eigenvalue weighted by Crippen LogP contribution is 2.44. The van der Waals surface area contributed by atoms with Crippen LogP contribution in [0.4, 0.5) is 0 Å². The van der Waals surface area contributed by atoms with Crippen LogP contribution in [0.2, 0.25) is 0 Å². The van der Waals surface area contributed by atoms with Gasteiger partial charge >= 0.3 is 0 Å². The summed E-state index contributed by atoms with van der Waals surface area (Å²) in [4.78, 5) is 15.4. The van der Waals surface area contributed by atoms with Crippen molar-refractivity contribution in [2.45, 2.75) is 0 Å². The number of hydrogen-bond donors (Lipinski definition) is 0. The van der Waals surface area contributed by atoms with Crippen molar-refractivity contribution in [2.75, 3.05) is 0 Å². The van der Waals surface area contributed by atoms with Gasteiger partial charge in [0.15, 0.2) is 17.5 Å². The predicted molar refractivity (Wildman–Crippen MR) is 259 cm³/mol. The van der Waals surface area contributed by atoms with Crippen molar-refractivity contribution in [2.24, 2.45) is 0 Å². The molecule has 0 radical (unpaired) electrons. The van der Waals surface area contributed by atoms with Gasteiger partial charge < -0.3 is 13.7 Å². The molecule has 0 N–H and O–H groups in total. The summed E-state index contributed by atoms with van der Waals surface area (Å²) >= 11 is 0. The molecule has 0 saturated carbocycles. The van der Waals surface area contributed by atoms with Gasteiger partial charge in [0.1, 0.15) is 0 Å². The van der Waals surface area contributed by atoms with E-state index >= 15 is 0 Å². The minimum Gasteiger partial charge on any atom is -0.309 e. The Morgan fingerprint density at radius 3 is 1.40 bits per heavy atom. The molecule has 0 fully saturated rings. The van der Waals surface area contributed by atoms with E-state index in [2.05, 4.69) is 196 Å². The summed E-state index contributed by atoms with van der Waals surface area (Å²) in [5.41, 5.74) is 12.9. The van der Waals surface area contributed by atoms with E-state index in [1.807, 2.05) is 36.4 Å². The van der Waals surface area contributed by atoms with Crippen molar-refractivity contribution in [3.63, 3.8) is 0 Å². The standard InChI is InChI=1S/C57H36N6/c1-5-18-37(19-6-1)55-58-56(38-20-7-2-8-21-38)60-57(59-55)47-29-17-28-44-43-33-32-41(36-51(43)63(53(44)47)40-24-11-4-12-25-40)61-49-31-16-14-27-46(49)52-50(61)35-34-45-42-26-13-15-30-48(42)62(54(45)52)39-22-9-3-10-23-39/h1-36H. The van der Waals surface area contributed by atoms with Crippen LogP contribution in [-0.2, 0) is 0 Å². The van der Waals surface area contributed by atoms with Gasteiger partial charge in [-0.25, -0.2) is 15.0 Å². The molecule has 4 heterocycles. The first kappa shape index (κ1) is 35.2. The van der Waals surface area contributed by atoms with Crippen molar-refractivity contribution < 1.29 is 0 Å². The maximum Gasteiger partial charge on any atom is 0.166 e. The summed E-state index contributed by atoms with van der Waals surface area (Å²) in [6.07, 6.45) is 0. The number of aromatic nitrogens is 6. The Bertz CT molecular complexity index is 3830. The molecule has 0 unspecified atom stereocenters. The van der Waals surface area contributed by atoms with Crippen LogP contribution in [0.5, 0.6) is 0 Å². The number of para-hydroxylation sites is 5. The normalized spacial score (nSPS) is 11.8. The number of hydrogen-bond acceptors (Lipinski definition) is 3. The van der Waals surface area contributed by atoms with Crippen LogP contribution < -0.4 is 0 Å². The van der Waals surface area contributed by atoms with Crippen LogP contribution in [0.15, 0.2) is 218 Å². The first-order valence-electron chi connectivity index (χ1n) is 21.3. The fourth-order valence-corrected chi connectivity index (χ4v) is 9.78. The van der Waals surface area contributed by atoms with Crippen molar-refractivity contribution in [1.29, 1.82) is 0 Å². The first-order chi connectivity index (χ1) is 31.3. The Morgan fingerprint density at radius 1 is 0.270 bits per heavy atom. The Labute approximate surface area is 362 Å². The zero-order valence-corrected chi connectivity index (χ0v) is 34.0. The molecular weight excluding hydrogens is 769 g/mol. The average Bonchev–Trinajstić information content (AvgIpc) is 4.00. The predicted octanol–water partition coefficient (Wildman–Crippen LogP) is 14.2. The third kappa shape index (κ3) is 5.41. The molecule has 13 aromatic rings. The highest BCUT2D eigenvalue weighted by atomic mass is 15.1. The highest BCUT2D eigenvalue weighted by molar-refractivity contribution is 6.26. The Balaban J connectivity index is 1.10. The van der Waals surface area contributed by atoms with Crippen molar-refractivity contribution in [3.8, 4) is 51.2 Å².